The molecule has 176 valence electrons. The fourth-order valence-corrected chi connectivity index (χ4v) is 5.11. The van der Waals surface area contributed by atoms with Crippen LogP contribution in [0.3, 0.4) is 0 Å². The van der Waals surface area contributed by atoms with Gasteiger partial charge in [-0.1, -0.05) is 24.6 Å². The largest absolute Gasteiger partial charge is 0.481 e. The fourth-order valence-electron chi connectivity index (χ4n) is 3.87. The third-order valence-corrected chi connectivity index (χ3v) is 6.95. The molecule has 4 rings (SSSR count). The topological polar surface area (TPSA) is 47.4 Å². The molecule has 0 amide bonds. The minimum absolute atomic E-state index is 0.0667. The van der Waals surface area contributed by atoms with Crippen molar-refractivity contribution in [2.24, 2.45) is 0 Å². The van der Waals surface area contributed by atoms with Gasteiger partial charge in [0.15, 0.2) is 0 Å². The molecule has 2 unspecified atom stereocenters. The maximum Gasteiger partial charge on any atom is 0.257 e. The van der Waals surface area contributed by atoms with E-state index in [1.54, 1.807) is 25.4 Å². The van der Waals surface area contributed by atoms with Crippen molar-refractivity contribution < 1.29 is 13.5 Å². The van der Waals surface area contributed by atoms with Gasteiger partial charge < -0.3 is 9.64 Å². The van der Waals surface area contributed by atoms with Crippen molar-refractivity contribution in [3.63, 3.8) is 0 Å². The van der Waals surface area contributed by atoms with Crippen LogP contribution in [0.1, 0.15) is 11.1 Å². The summed E-state index contributed by atoms with van der Waals surface area (Å²) in [6, 6.07) is 10.5. The van der Waals surface area contributed by atoms with Crippen LogP contribution in [0.4, 0.5) is 8.78 Å². The number of aromatic nitrogens is 2. The highest BCUT2D eigenvalue weighted by molar-refractivity contribution is 8.16. The first-order chi connectivity index (χ1) is 16.3. The zero-order valence-electron chi connectivity index (χ0n) is 18.8. The number of allylic oxidation sites excluding steroid dienone is 1. The van der Waals surface area contributed by atoms with Crippen molar-refractivity contribution >= 4 is 16.4 Å². The third kappa shape index (κ3) is 5.34. The summed E-state index contributed by atoms with van der Waals surface area (Å²) in [5, 5.41) is 2.11. The summed E-state index contributed by atoms with van der Waals surface area (Å²) in [5.74, 6) is 4.46. The number of hydrogen-bond donors (Lipinski definition) is 0. The average molecular weight is 482 g/mol. The van der Waals surface area contributed by atoms with Gasteiger partial charge in [-0.2, -0.15) is 10.5 Å². The highest BCUT2D eigenvalue weighted by Crippen LogP contribution is 2.30. The Kier molecular flexibility index (Phi) is 7.07. The highest BCUT2D eigenvalue weighted by Gasteiger charge is 2.23. The number of rotatable bonds is 8. The normalized spacial score (nSPS) is 17.0. The Bertz CT molecular complexity index is 1340. The maximum atomic E-state index is 15.0. The molecule has 0 fully saturated rings. The molecular weight excluding hydrogens is 456 g/mol. The molecule has 0 spiro atoms. The minimum atomic E-state index is -0.632. The van der Waals surface area contributed by atoms with Gasteiger partial charge in [0.1, 0.15) is 11.6 Å². The van der Waals surface area contributed by atoms with E-state index in [4.69, 9.17) is 4.74 Å². The van der Waals surface area contributed by atoms with Crippen molar-refractivity contribution in [3.8, 4) is 11.6 Å². The summed E-state index contributed by atoms with van der Waals surface area (Å²) in [7, 11) is 1.51. The molecule has 1 aliphatic heterocycles. The van der Waals surface area contributed by atoms with Crippen molar-refractivity contribution in [1.82, 2.24) is 14.5 Å². The summed E-state index contributed by atoms with van der Waals surface area (Å²) in [6.45, 7) is 4.83. The predicted octanol–water partition coefficient (Wildman–Crippen LogP) is 4.67. The van der Waals surface area contributed by atoms with E-state index in [1.807, 2.05) is 12.1 Å². The molecule has 0 saturated carbocycles. The van der Waals surface area contributed by atoms with Gasteiger partial charge in [0.05, 0.1) is 18.8 Å². The Hall–Kier alpha value is -3.52. The van der Waals surface area contributed by atoms with E-state index in [0.717, 1.165) is 29.1 Å². The molecule has 34 heavy (non-hydrogen) atoms. The second-order valence-corrected chi connectivity index (χ2v) is 9.69. The molecule has 3 heterocycles. The first kappa shape index (κ1) is 23.6. The standard InChI is InChI=1S/C26H25F2N3O2S/c1-18(12-20-4-5-22(15-24(20)28)30-10-7-21(27)14-26(30)32)31(23-8-11-34(3)17-23)16-19-6-9-29-25(13-19)33-2/h4-11,13-15,23H,1,3,12,16-17H2,2H3. The van der Waals surface area contributed by atoms with Crippen molar-refractivity contribution in [2.75, 3.05) is 12.9 Å². The third-order valence-electron chi connectivity index (χ3n) is 5.64. The lowest BCUT2D eigenvalue weighted by Gasteiger charge is -2.32. The number of halogens is 2. The summed E-state index contributed by atoms with van der Waals surface area (Å²) in [6.07, 6.45) is 5.40. The molecule has 1 aliphatic rings. The van der Waals surface area contributed by atoms with Crippen LogP contribution in [0.15, 0.2) is 83.4 Å². The molecule has 0 saturated heterocycles. The second-order valence-electron chi connectivity index (χ2n) is 8.01. The van der Waals surface area contributed by atoms with Crippen LogP contribution in [-0.4, -0.2) is 39.2 Å². The molecule has 0 bridgehead atoms. The van der Waals surface area contributed by atoms with Crippen LogP contribution >= 0.6 is 10.5 Å². The number of nitrogens with zero attached hydrogens (tertiary/aromatic N) is 3. The summed E-state index contributed by atoms with van der Waals surface area (Å²) in [5.41, 5.74) is 1.99. The number of hydrogen-bond acceptors (Lipinski definition) is 4. The summed E-state index contributed by atoms with van der Waals surface area (Å²) >= 11 is 0. The number of ether oxygens (including phenoxy) is 1. The smallest absolute Gasteiger partial charge is 0.257 e. The van der Waals surface area contributed by atoms with Crippen LogP contribution in [-0.2, 0) is 13.0 Å². The average Bonchev–Trinajstić information content (AvgIpc) is 3.24. The van der Waals surface area contributed by atoms with E-state index >= 15 is 4.39 Å². The summed E-state index contributed by atoms with van der Waals surface area (Å²) in [4.78, 5) is 18.4. The Morgan fingerprint density at radius 1 is 1.26 bits per heavy atom. The number of pyridine rings is 2. The van der Waals surface area contributed by atoms with Gasteiger partial charge in [-0.3, -0.25) is 9.36 Å². The molecule has 1 aromatic carbocycles. The molecule has 0 aliphatic carbocycles. The molecule has 2 aromatic heterocycles. The number of methoxy groups -OCH3 is 1. The zero-order chi connectivity index (χ0) is 24.2. The van der Waals surface area contributed by atoms with Crippen LogP contribution < -0.4 is 10.3 Å². The van der Waals surface area contributed by atoms with E-state index in [0.29, 0.717) is 30.1 Å². The molecular formula is C26H25F2N3O2S. The Morgan fingerprint density at radius 2 is 2.09 bits per heavy atom. The van der Waals surface area contributed by atoms with E-state index in [-0.39, 0.29) is 16.5 Å². The quantitative estimate of drug-likeness (QED) is 0.439. The van der Waals surface area contributed by atoms with Gasteiger partial charge in [-0.15, -0.1) is 0 Å². The molecule has 3 aromatic rings. The van der Waals surface area contributed by atoms with Crippen LogP contribution in [0.2, 0.25) is 0 Å². The van der Waals surface area contributed by atoms with E-state index in [1.165, 1.54) is 16.8 Å². The Balaban J connectivity index is 1.57. The van der Waals surface area contributed by atoms with E-state index in [9.17, 15) is 9.18 Å². The van der Waals surface area contributed by atoms with Gasteiger partial charge >= 0.3 is 0 Å². The summed E-state index contributed by atoms with van der Waals surface area (Å²) < 4.78 is 34.7. The molecule has 2 atom stereocenters. The second kappa shape index (κ2) is 10.2. The lowest BCUT2D eigenvalue weighted by molar-refractivity contribution is 0.297. The maximum absolute atomic E-state index is 15.0. The molecule has 0 N–H and O–H groups in total. The number of benzene rings is 1. The van der Waals surface area contributed by atoms with Crippen LogP contribution in [0, 0.1) is 11.6 Å². The fraction of sp³-hybridized carbons (Fsp3) is 0.192. The zero-order valence-corrected chi connectivity index (χ0v) is 19.6. The molecule has 5 nitrogen and oxygen atoms in total. The van der Waals surface area contributed by atoms with E-state index < -0.39 is 17.2 Å². The van der Waals surface area contributed by atoms with Crippen molar-refractivity contribution in [1.29, 1.82) is 0 Å². The van der Waals surface area contributed by atoms with Crippen LogP contribution in [0.5, 0.6) is 5.88 Å². The van der Waals surface area contributed by atoms with Gasteiger partial charge in [-0.25, -0.2) is 13.8 Å². The van der Waals surface area contributed by atoms with Crippen molar-refractivity contribution in [3.05, 3.63) is 112 Å². The Morgan fingerprint density at radius 3 is 2.76 bits per heavy atom. The lowest BCUT2D eigenvalue weighted by atomic mass is 10.1. The monoisotopic (exact) mass is 481 g/mol. The lowest BCUT2D eigenvalue weighted by Crippen LogP contribution is -2.34. The van der Waals surface area contributed by atoms with Gasteiger partial charge in [0.25, 0.3) is 5.56 Å². The van der Waals surface area contributed by atoms with E-state index in [2.05, 4.69) is 33.8 Å². The molecule has 0 radical (unpaired) electrons. The van der Waals surface area contributed by atoms with Gasteiger partial charge in [0.2, 0.25) is 5.88 Å². The Labute approximate surface area is 199 Å². The van der Waals surface area contributed by atoms with Gasteiger partial charge in [-0.05, 0) is 40.8 Å². The predicted molar refractivity (Wildman–Crippen MR) is 134 cm³/mol. The molecule has 8 heteroatoms. The SMILES string of the molecule is C=C(Cc1ccc(-n2ccc(F)cc2=O)cc1F)N(Cc1ccnc(OC)c1)C1C=CS(=C)C1. The van der Waals surface area contributed by atoms with Gasteiger partial charge in [0, 0.05) is 48.9 Å². The first-order valence-corrected chi connectivity index (χ1v) is 12.2. The van der Waals surface area contributed by atoms with Crippen LogP contribution in [0.25, 0.3) is 5.69 Å². The highest BCUT2D eigenvalue weighted by atomic mass is 32.2. The first-order valence-electron chi connectivity index (χ1n) is 10.6. The minimum Gasteiger partial charge on any atom is -0.481 e. The van der Waals surface area contributed by atoms with Crippen molar-refractivity contribution in [2.45, 2.75) is 19.0 Å².